The fourth-order valence-electron chi connectivity index (χ4n) is 2.98. The minimum absolute atomic E-state index is 0.0181. The second-order valence-corrected chi connectivity index (χ2v) is 6.11. The largest absolute Gasteiger partial charge is 0.496 e. The first-order valence-corrected chi connectivity index (χ1v) is 8.64. The van der Waals surface area contributed by atoms with Crippen LogP contribution in [-0.2, 0) is 14.3 Å². The molecule has 1 heterocycles. The molecule has 140 valence electrons. The molecule has 1 fully saturated rings. The molecular formula is C21H21NO5. The highest BCUT2D eigenvalue weighted by molar-refractivity contribution is 6.24. The zero-order valence-electron chi connectivity index (χ0n) is 15.0. The monoisotopic (exact) mass is 367 g/mol. The highest BCUT2D eigenvalue weighted by atomic mass is 16.5. The lowest BCUT2D eigenvalue weighted by atomic mass is 10.0. The van der Waals surface area contributed by atoms with Gasteiger partial charge in [0.15, 0.2) is 6.10 Å². The van der Waals surface area contributed by atoms with Gasteiger partial charge in [-0.15, -0.1) is 0 Å². The fraction of sp³-hybridized carbons (Fsp3) is 0.238. The zero-order chi connectivity index (χ0) is 19.2. The molecule has 6 heteroatoms. The molecule has 1 atom stereocenters. The molecule has 3 rings (SSSR count). The van der Waals surface area contributed by atoms with E-state index in [4.69, 9.17) is 9.47 Å². The van der Waals surface area contributed by atoms with Crippen LogP contribution in [0.1, 0.15) is 11.1 Å². The lowest BCUT2D eigenvalue weighted by molar-refractivity contribution is -0.158. The molecule has 1 saturated heterocycles. The Morgan fingerprint density at radius 1 is 1.15 bits per heavy atom. The van der Waals surface area contributed by atoms with E-state index in [-0.39, 0.29) is 19.1 Å². The number of rotatable bonds is 5. The average molecular weight is 367 g/mol. The van der Waals surface area contributed by atoms with Crippen LogP contribution in [0, 0.1) is 0 Å². The second-order valence-electron chi connectivity index (χ2n) is 6.11. The van der Waals surface area contributed by atoms with Crippen molar-refractivity contribution in [3.8, 4) is 5.75 Å². The predicted octanol–water partition coefficient (Wildman–Crippen LogP) is 2.55. The number of ether oxygens (including phenoxy) is 2. The van der Waals surface area contributed by atoms with Crippen molar-refractivity contribution in [2.75, 3.05) is 26.8 Å². The summed E-state index contributed by atoms with van der Waals surface area (Å²) in [5.41, 5.74) is 2.01. The normalized spacial score (nSPS) is 17.4. The topological polar surface area (TPSA) is 76.1 Å². The summed E-state index contributed by atoms with van der Waals surface area (Å²) in [5.74, 6) is -0.645. The van der Waals surface area contributed by atoms with E-state index in [1.165, 1.54) is 4.90 Å². The Hall–Kier alpha value is -3.12. The highest BCUT2D eigenvalue weighted by Gasteiger charge is 2.30. The number of morpholine rings is 1. The van der Waals surface area contributed by atoms with Gasteiger partial charge in [-0.2, -0.15) is 0 Å². The Morgan fingerprint density at radius 2 is 1.85 bits per heavy atom. The smallest absolute Gasteiger partial charge is 0.334 e. The summed E-state index contributed by atoms with van der Waals surface area (Å²) in [6, 6.07) is 16.7. The van der Waals surface area contributed by atoms with Crippen molar-refractivity contribution in [1.82, 2.24) is 4.90 Å². The van der Waals surface area contributed by atoms with Crippen LogP contribution in [0.3, 0.4) is 0 Å². The Labute approximate surface area is 157 Å². The van der Waals surface area contributed by atoms with Crippen LogP contribution in [-0.4, -0.2) is 54.8 Å². The molecule has 2 aromatic carbocycles. The quantitative estimate of drug-likeness (QED) is 0.649. The summed E-state index contributed by atoms with van der Waals surface area (Å²) >= 11 is 0. The van der Waals surface area contributed by atoms with Gasteiger partial charge in [-0.05, 0) is 17.7 Å². The molecule has 27 heavy (non-hydrogen) atoms. The summed E-state index contributed by atoms with van der Waals surface area (Å²) < 4.78 is 10.6. The number of carboxylic acids is 1. The Kier molecular flexibility index (Phi) is 5.88. The van der Waals surface area contributed by atoms with Crippen LogP contribution in [0.5, 0.6) is 5.75 Å². The van der Waals surface area contributed by atoms with E-state index in [1.54, 1.807) is 13.2 Å². The van der Waals surface area contributed by atoms with E-state index < -0.39 is 12.1 Å². The third-order valence-electron chi connectivity index (χ3n) is 4.38. The maximum atomic E-state index is 13.2. The van der Waals surface area contributed by atoms with Gasteiger partial charge in [0.05, 0.1) is 20.3 Å². The molecule has 0 aromatic heterocycles. The first-order chi connectivity index (χ1) is 13.1. The van der Waals surface area contributed by atoms with Gasteiger partial charge >= 0.3 is 5.97 Å². The van der Waals surface area contributed by atoms with Crippen molar-refractivity contribution in [3.63, 3.8) is 0 Å². The third-order valence-corrected chi connectivity index (χ3v) is 4.38. The van der Waals surface area contributed by atoms with Gasteiger partial charge in [0.1, 0.15) is 5.75 Å². The summed E-state index contributed by atoms with van der Waals surface area (Å²) in [7, 11) is 1.58. The molecule has 0 radical (unpaired) electrons. The highest BCUT2D eigenvalue weighted by Crippen LogP contribution is 2.26. The number of nitrogens with zero attached hydrogens (tertiary/aromatic N) is 1. The van der Waals surface area contributed by atoms with E-state index >= 15 is 0 Å². The lowest BCUT2D eigenvalue weighted by Gasteiger charge is -2.31. The number of amides is 1. The molecule has 2 aromatic rings. The maximum Gasteiger partial charge on any atom is 0.334 e. The van der Waals surface area contributed by atoms with Crippen molar-refractivity contribution >= 4 is 23.5 Å². The standard InChI is InChI=1S/C21H21NO5/c1-26-18-10-6-5-9-16(18)13-17(15-7-3-2-4-8-15)20(23)22-11-12-27-19(14-22)21(24)25/h2-10,13,19H,11-12,14H2,1H3,(H,24,25). The van der Waals surface area contributed by atoms with Gasteiger partial charge in [0, 0.05) is 17.7 Å². The first-order valence-electron chi connectivity index (χ1n) is 8.64. The minimum atomic E-state index is -1.07. The predicted molar refractivity (Wildman–Crippen MR) is 101 cm³/mol. The molecule has 0 spiro atoms. The van der Waals surface area contributed by atoms with E-state index in [0.717, 1.165) is 11.1 Å². The second kappa shape index (κ2) is 8.51. The van der Waals surface area contributed by atoms with E-state index in [9.17, 15) is 14.7 Å². The van der Waals surface area contributed by atoms with Gasteiger partial charge in [-0.3, -0.25) is 4.79 Å². The number of carboxylic acid groups (broad SMARTS) is 1. The Bertz CT molecular complexity index is 847. The number of para-hydroxylation sites is 1. The first kappa shape index (κ1) is 18.7. The van der Waals surface area contributed by atoms with Crippen LogP contribution in [0.15, 0.2) is 54.6 Å². The van der Waals surface area contributed by atoms with Crippen molar-refractivity contribution in [1.29, 1.82) is 0 Å². The van der Waals surface area contributed by atoms with Gasteiger partial charge in [-0.25, -0.2) is 4.79 Å². The molecule has 1 amide bonds. The van der Waals surface area contributed by atoms with Crippen LogP contribution in [0.2, 0.25) is 0 Å². The SMILES string of the molecule is COc1ccccc1C=C(C(=O)N1CCOC(C(=O)O)C1)c1ccccc1. The zero-order valence-corrected chi connectivity index (χ0v) is 15.0. The molecule has 1 aliphatic heterocycles. The molecular weight excluding hydrogens is 346 g/mol. The van der Waals surface area contributed by atoms with Crippen LogP contribution >= 0.6 is 0 Å². The molecule has 6 nitrogen and oxygen atoms in total. The Balaban J connectivity index is 1.99. The summed E-state index contributed by atoms with van der Waals surface area (Å²) in [6.45, 7) is 0.558. The minimum Gasteiger partial charge on any atom is -0.496 e. The fourth-order valence-corrected chi connectivity index (χ4v) is 2.98. The van der Waals surface area contributed by atoms with Crippen LogP contribution < -0.4 is 4.74 Å². The lowest BCUT2D eigenvalue weighted by Crippen LogP contribution is -2.48. The van der Waals surface area contributed by atoms with E-state index in [0.29, 0.717) is 17.9 Å². The van der Waals surface area contributed by atoms with Crippen molar-refractivity contribution < 1.29 is 24.2 Å². The van der Waals surface area contributed by atoms with Crippen LogP contribution in [0.25, 0.3) is 11.6 Å². The number of hydrogen-bond acceptors (Lipinski definition) is 4. The number of carbonyl (C=O) groups is 2. The van der Waals surface area contributed by atoms with Gasteiger partial charge in [0.2, 0.25) is 0 Å². The van der Waals surface area contributed by atoms with Gasteiger partial charge in [0.25, 0.3) is 5.91 Å². The average Bonchev–Trinajstić information content (AvgIpc) is 2.72. The third kappa shape index (κ3) is 4.35. The summed E-state index contributed by atoms with van der Waals surface area (Å²) in [5, 5.41) is 9.20. The number of aliphatic carboxylic acids is 1. The molecule has 1 unspecified atom stereocenters. The molecule has 1 N–H and O–H groups in total. The Morgan fingerprint density at radius 3 is 2.56 bits per heavy atom. The van der Waals surface area contributed by atoms with E-state index in [2.05, 4.69) is 0 Å². The van der Waals surface area contributed by atoms with Crippen molar-refractivity contribution in [2.24, 2.45) is 0 Å². The molecule has 0 bridgehead atoms. The number of carbonyl (C=O) groups excluding carboxylic acids is 1. The van der Waals surface area contributed by atoms with Gasteiger partial charge in [-0.1, -0.05) is 48.5 Å². The molecule has 0 saturated carbocycles. The van der Waals surface area contributed by atoms with E-state index in [1.807, 2.05) is 54.6 Å². The maximum absolute atomic E-state index is 13.2. The summed E-state index contributed by atoms with van der Waals surface area (Å²) in [6.07, 6.45) is 0.771. The molecule has 0 aliphatic carbocycles. The van der Waals surface area contributed by atoms with Crippen molar-refractivity contribution in [2.45, 2.75) is 6.10 Å². The number of hydrogen-bond donors (Lipinski definition) is 1. The molecule has 1 aliphatic rings. The van der Waals surface area contributed by atoms with Crippen LogP contribution in [0.4, 0.5) is 0 Å². The number of methoxy groups -OCH3 is 1. The van der Waals surface area contributed by atoms with Crippen molar-refractivity contribution in [3.05, 3.63) is 65.7 Å². The number of benzene rings is 2. The summed E-state index contributed by atoms with van der Waals surface area (Å²) in [4.78, 5) is 26.0. The van der Waals surface area contributed by atoms with Gasteiger partial charge < -0.3 is 19.5 Å².